The highest BCUT2D eigenvalue weighted by Gasteiger charge is 2.17. The molecule has 0 bridgehead atoms. The molecule has 0 amide bonds. The molecule has 0 aliphatic carbocycles. The summed E-state index contributed by atoms with van der Waals surface area (Å²) in [5.74, 6) is 0. The number of sulfonamides is 1. The zero-order chi connectivity index (χ0) is 15.5. The lowest BCUT2D eigenvalue weighted by atomic mass is 10.2. The molecule has 1 aromatic carbocycles. The fourth-order valence-corrected chi connectivity index (χ4v) is 4.59. The van der Waals surface area contributed by atoms with E-state index in [0.29, 0.717) is 24.0 Å². The summed E-state index contributed by atoms with van der Waals surface area (Å²) in [6.45, 7) is 2.53. The molecule has 5 nitrogen and oxygen atoms in total. The van der Waals surface area contributed by atoms with Gasteiger partial charge in [-0.25, -0.2) is 18.1 Å². The Labute approximate surface area is 136 Å². The maximum atomic E-state index is 12.3. The predicted octanol–water partition coefficient (Wildman–Crippen LogP) is 2.19. The van der Waals surface area contributed by atoms with E-state index in [9.17, 15) is 8.42 Å². The van der Waals surface area contributed by atoms with E-state index in [2.05, 4.69) is 25.6 Å². The van der Waals surface area contributed by atoms with Crippen LogP contribution in [0.4, 0.5) is 0 Å². The molecule has 1 heterocycles. The minimum Gasteiger partial charge on any atom is -0.326 e. The van der Waals surface area contributed by atoms with E-state index >= 15 is 0 Å². The van der Waals surface area contributed by atoms with E-state index in [4.69, 9.17) is 5.73 Å². The summed E-state index contributed by atoms with van der Waals surface area (Å²) in [7, 11) is -3.56. The average molecular weight is 390 g/mol. The minimum absolute atomic E-state index is 0.209. The molecular formula is C13H16BrN3O2S2. The normalized spacial score (nSPS) is 11.8. The van der Waals surface area contributed by atoms with Crippen LogP contribution in [0.5, 0.6) is 0 Å². The SMILES string of the molecule is Cc1csc(CCNS(=O)(=O)c2cc(CN)ccc2Br)n1. The number of hydrogen-bond donors (Lipinski definition) is 2. The van der Waals surface area contributed by atoms with Gasteiger partial charge in [0.1, 0.15) is 0 Å². The third kappa shape index (κ3) is 4.33. The Morgan fingerprint density at radius 1 is 1.43 bits per heavy atom. The molecule has 114 valence electrons. The van der Waals surface area contributed by atoms with Gasteiger partial charge in [-0.15, -0.1) is 11.3 Å². The van der Waals surface area contributed by atoms with Crippen LogP contribution < -0.4 is 10.5 Å². The molecule has 0 spiro atoms. The van der Waals surface area contributed by atoms with Crippen molar-refractivity contribution in [3.63, 3.8) is 0 Å². The van der Waals surface area contributed by atoms with Crippen LogP contribution in [0.3, 0.4) is 0 Å². The van der Waals surface area contributed by atoms with Crippen LogP contribution >= 0.6 is 27.3 Å². The second kappa shape index (κ2) is 6.97. The summed E-state index contributed by atoms with van der Waals surface area (Å²) in [6, 6.07) is 5.07. The van der Waals surface area contributed by atoms with Gasteiger partial charge in [0, 0.05) is 35.1 Å². The molecule has 3 N–H and O–H groups in total. The molecule has 0 aliphatic rings. The molecule has 21 heavy (non-hydrogen) atoms. The standard InChI is InChI=1S/C13H16BrN3O2S2/c1-9-8-20-13(17-9)4-5-16-21(18,19)12-6-10(7-15)2-3-11(12)14/h2-3,6,8,16H,4-5,7,15H2,1H3. The molecule has 0 unspecified atom stereocenters. The largest absolute Gasteiger partial charge is 0.326 e. The number of aryl methyl sites for hydroxylation is 1. The zero-order valence-corrected chi connectivity index (χ0v) is 14.7. The second-order valence-electron chi connectivity index (χ2n) is 4.50. The molecule has 1 aromatic heterocycles. The highest BCUT2D eigenvalue weighted by atomic mass is 79.9. The highest BCUT2D eigenvalue weighted by molar-refractivity contribution is 9.10. The lowest BCUT2D eigenvalue weighted by Crippen LogP contribution is -2.26. The molecule has 0 radical (unpaired) electrons. The lowest BCUT2D eigenvalue weighted by molar-refractivity contribution is 0.581. The Morgan fingerprint density at radius 2 is 2.19 bits per heavy atom. The number of hydrogen-bond acceptors (Lipinski definition) is 5. The Bertz CT molecular complexity index is 729. The van der Waals surface area contributed by atoms with E-state index < -0.39 is 10.0 Å². The average Bonchev–Trinajstić information content (AvgIpc) is 2.84. The van der Waals surface area contributed by atoms with E-state index in [1.165, 1.54) is 11.3 Å². The van der Waals surface area contributed by atoms with Gasteiger partial charge in [0.15, 0.2) is 0 Å². The maximum Gasteiger partial charge on any atom is 0.241 e. The van der Waals surface area contributed by atoms with Crippen molar-refractivity contribution in [3.8, 4) is 0 Å². The van der Waals surface area contributed by atoms with Crippen molar-refractivity contribution in [1.82, 2.24) is 9.71 Å². The molecule has 0 atom stereocenters. The van der Waals surface area contributed by atoms with Gasteiger partial charge in [0.25, 0.3) is 0 Å². The molecule has 2 aromatic rings. The van der Waals surface area contributed by atoms with Gasteiger partial charge in [-0.1, -0.05) is 6.07 Å². The number of rotatable bonds is 6. The summed E-state index contributed by atoms with van der Waals surface area (Å²) >= 11 is 4.80. The van der Waals surface area contributed by atoms with Crippen LogP contribution in [0.25, 0.3) is 0 Å². The van der Waals surface area contributed by atoms with Gasteiger partial charge >= 0.3 is 0 Å². The Kier molecular flexibility index (Phi) is 5.50. The number of thiazole rings is 1. The second-order valence-corrected chi connectivity index (χ2v) is 8.03. The fourth-order valence-electron chi connectivity index (χ4n) is 1.77. The highest BCUT2D eigenvalue weighted by Crippen LogP contribution is 2.23. The van der Waals surface area contributed by atoms with E-state index in [0.717, 1.165) is 16.3 Å². The van der Waals surface area contributed by atoms with Crippen molar-refractivity contribution in [3.05, 3.63) is 44.3 Å². The summed E-state index contributed by atoms with van der Waals surface area (Å²) in [6.07, 6.45) is 0.575. The number of nitrogens with one attached hydrogen (secondary N) is 1. The third-order valence-electron chi connectivity index (χ3n) is 2.82. The molecular weight excluding hydrogens is 374 g/mol. The smallest absolute Gasteiger partial charge is 0.241 e. The van der Waals surface area contributed by atoms with Crippen molar-refractivity contribution in [2.24, 2.45) is 5.73 Å². The first kappa shape index (κ1) is 16.6. The Balaban J connectivity index is 2.07. The van der Waals surface area contributed by atoms with Crippen LogP contribution in [0, 0.1) is 6.92 Å². The number of nitrogens with two attached hydrogens (primary N) is 1. The number of nitrogens with zero attached hydrogens (tertiary/aromatic N) is 1. The fraction of sp³-hybridized carbons (Fsp3) is 0.308. The van der Waals surface area contributed by atoms with Crippen LogP contribution in [0.2, 0.25) is 0 Å². The zero-order valence-electron chi connectivity index (χ0n) is 11.5. The summed E-state index contributed by atoms with van der Waals surface area (Å²) < 4.78 is 27.8. The molecule has 8 heteroatoms. The first-order chi connectivity index (χ1) is 9.92. The van der Waals surface area contributed by atoms with Crippen LogP contribution in [-0.4, -0.2) is 19.9 Å². The van der Waals surface area contributed by atoms with Crippen LogP contribution in [0.1, 0.15) is 16.3 Å². The number of benzene rings is 1. The van der Waals surface area contributed by atoms with E-state index in [1.807, 2.05) is 12.3 Å². The van der Waals surface area contributed by atoms with Crippen molar-refractivity contribution in [1.29, 1.82) is 0 Å². The van der Waals surface area contributed by atoms with Crippen molar-refractivity contribution < 1.29 is 8.42 Å². The topological polar surface area (TPSA) is 85.1 Å². The van der Waals surface area contributed by atoms with Gasteiger partial charge in [0.05, 0.1) is 9.90 Å². The van der Waals surface area contributed by atoms with Gasteiger partial charge in [0.2, 0.25) is 10.0 Å². The van der Waals surface area contributed by atoms with Crippen LogP contribution in [0.15, 0.2) is 32.9 Å². The molecule has 0 aliphatic heterocycles. The lowest BCUT2D eigenvalue weighted by Gasteiger charge is -2.09. The molecule has 0 saturated heterocycles. The number of halogens is 1. The molecule has 2 rings (SSSR count). The summed E-state index contributed by atoms with van der Waals surface area (Å²) in [5.41, 5.74) is 7.28. The molecule has 0 fully saturated rings. The van der Waals surface area contributed by atoms with Crippen molar-refractivity contribution >= 4 is 37.3 Å². The van der Waals surface area contributed by atoms with Gasteiger partial charge in [-0.3, -0.25) is 0 Å². The minimum atomic E-state index is -3.56. The van der Waals surface area contributed by atoms with Crippen LogP contribution in [-0.2, 0) is 23.0 Å². The first-order valence-electron chi connectivity index (χ1n) is 6.31. The third-order valence-corrected chi connectivity index (χ3v) is 6.30. The monoisotopic (exact) mass is 389 g/mol. The number of aromatic nitrogens is 1. The predicted molar refractivity (Wildman–Crippen MR) is 87.8 cm³/mol. The Hall–Kier alpha value is -0.800. The van der Waals surface area contributed by atoms with Gasteiger partial charge in [-0.05, 0) is 40.5 Å². The van der Waals surface area contributed by atoms with E-state index in [-0.39, 0.29) is 4.90 Å². The molecule has 0 saturated carbocycles. The van der Waals surface area contributed by atoms with Gasteiger partial charge < -0.3 is 5.73 Å². The van der Waals surface area contributed by atoms with Crippen molar-refractivity contribution in [2.75, 3.05) is 6.54 Å². The Morgan fingerprint density at radius 3 is 2.81 bits per heavy atom. The summed E-state index contributed by atoms with van der Waals surface area (Å²) in [5, 5.41) is 2.87. The van der Waals surface area contributed by atoms with Crippen molar-refractivity contribution in [2.45, 2.75) is 24.8 Å². The van der Waals surface area contributed by atoms with E-state index in [1.54, 1.807) is 18.2 Å². The quantitative estimate of drug-likeness (QED) is 0.792. The first-order valence-corrected chi connectivity index (χ1v) is 9.47. The summed E-state index contributed by atoms with van der Waals surface area (Å²) in [4.78, 5) is 4.51. The maximum absolute atomic E-state index is 12.3. The van der Waals surface area contributed by atoms with Gasteiger partial charge in [-0.2, -0.15) is 0 Å².